The topological polar surface area (TPSA) is 86.2 Å². The van der Waals surface area contributed by atoms with Crippen LogP contribution in [0.25, 0.3) is 0 Å². The molecule has 0 spiro atoms. The minimum atomic E-state index is -4.54. The maximum atomic E-state index is 12.2. The highest BCUT2D eigenvalue weighted by molar-refractivity contribution is 5.94. The Morgan fingerprint density at radius 2 is 1.27 bits per heavy atom. The Morgan fingerprint density at radius 3 is 1.64 bits per heavy atom. The average Bonchev–Trinajstić information content (AvgIpc) is 2.48. The van der Waals surface area contributed by atoms with E-state index in [0.717, 1.165) is 12.1 Å². The minimum Gasteiger partial charge on any atom is -0.366 e. The first-order valence-electron chi connectivity index (χ1n) is 6.04. The minimum absolute atomic E-state index is 0.379. The first kappa shape index (κ1) is 17.2. The van der Waals surface area contributed by atoms with Gasteiger partial charge in [-0.3, -0.25) is 9.59 Å². The Bertz CT molecular complexity index is 655. The largest absolute Gasteiger partial charge is 0.417 e. The van der Waals surface area contributed by atoms with Crippen LogP contribution in [-0.2, 0) is 6.18 Å². The SMILES string of the molecule is NC(=O)c1ccccc1.NC(=O)c1ccccc1C(F)(F)F. The quantitative estimate of drug-likeness (QED) is 0.893. The van der Waals surface area contributed by atoms with Gasteiger partial charge in [0.1, 0.15) is 0 Å². The monoisotopic (exact) mass is 310 g/mol. The van der Waals surface area contributed by atoms with Gasteiger partial charge in [-0.2, -0.15) is 13.2 Å². The number of amides is 2. The van der Waals surface area contributed by atoms with Crippen LogP contribution >= 0.6 is 0 Å². The summed E-state index contributed by atoms with van der Waals surface area (Å²) < 4.78 is 36.6. The van der Waals surface area contributed by atoms with Crippen molar-refractivity contribution in [1.29, 1.82) is 0 Å². The van der Waals surface area contributed by atoms with E-state index in [2.05, 4.69) is 0 Å². The number of carbonyl (C=O) groups excluding carboxylic acids is 2. The van der Waals surface area contributed by atoms with Crippen molar-refractivity contribution in [2.45, 2.75) is 6.18 Å². The third kappa shape index (κ3) is 4.93. The molecule has 0 aliphatic heterocycles. The molecule has 0 aliphatic carbocycles. The summed E-state index contributed by atoms with van der Waals surface area (Å²) in [5, 5.41) is 0. The van der Waals surface area contributed by atoms with Gasteiger partial charge in [0, 0.05) is 5.56 Å². The Labute approximate surface area is 124 Å². The molecule has 0 bridgehead atoms. The summed E-state index contributed by atoms with van der Waals surface area (Å²) in [6.07, 6.45) is -4.54. The van der Waals surface area contributed by atoms with E-state index in [-0.39, 0.29) is 5.91 Å². The first-order valence-corrected chi connectivity index (χ1v) is 6.04. The molecule has 2 rings (SSSR count). The number of hydrogen-bond donors (Lipinski definition) is 2. The van der Waals surface area contributed by atoms with E-state index in [0.29, 0.717) is 5.56 Å². The number of nitrogens with two attached hydrogens (primary N) is 2. The molecule has 0 saturated heterocycles. The highest BCUT2D eigenvalue weighted by Gasteiger charge is 2.34. The molecule has 0 aliphatic rings. The van der Waals surface area contributed by atoms with Crippen molar-refractivity contribution < 1.29 is 22.8 Å². The Kier molecular flexibility index (Phi) is 5.68. The summed E-state index contributed by atoms with van der Waals surface area (Å²) in [6, 6.07) is 13.2. The molecule has 116 valence electrons. The zero-order valence-corrected chi connectivity index (χ0v) is 11.3. The molecule has 22 heavy (non-hydrogen) atoms. The van der Waals surface area contributed by atoms with Crippen molar-refractivity contribution in [3.63, 3.8) is 0 Å². The average molecular weight is 310 g/mol. The summed E-state index contributed by atoms with van der Waals surface area (Å²) in [5.74, 6) is -1.46. The van der Waals surface area contributed by atoms with Crippen molar-refractivity contribution in [3.05, 3.63) is 71.3 Å². The van der Waals surface area contributed by atoms with Crippen LogP contribution in [0.2, 0.25) is 0 Å². The highest BCUT2D eigenvalue weighted by Crippen LogP contribution is 2.31. The number of primary amides is 2. The molecule has 0 unspecified atom stereocenters. The van der Waals surface area contributed by atoms with Crippen molar-refractivity contribution in [1.82, 2.24) is 0 Å². The number of alkyl halides is 3. The second-order valence-electron chi connectivity index (χ2n) is 4.14. The van der Waals surface area contributed by atoms with Gasteiger partial charge in [-0.1, -0.05) is 30.3 Å². The van der Waals surface area contributed by atoms with E-state index in [1.54, 1.807) is 24.3 Å². The van der Waals surface area contributed by atoms with Gasteiger partial charge in [0.15, 0.2) is 0 Å². The molecule has 4 nitrogen and oxygen atoms in total. The lowest BCUT2D eigenvalue weighted by Crippen LogP contribution is -2.18. The lowest BCUT2D eigenvalue weighted by Gasteiger charge is -2.09. The summed E-state index contributed by atoms with van der Waals surface area (Å²) >= 11 is 0. The summed E-state index contributed by atoms with van der Waals surface area (Å²) in [7, 11) is 0. The maximum absolute atomic E-state index is 12.2. The molecule has 4 N–H and O–H groups in total. The van der Waals surface area contributed by atoms with E-state index in [4.69, 9.17) is 11.5 Å². The molecule has 0 radical (unpaired) electrons. The van der Waals surface area contributed by atoms with E-state index in [1.165, 1.54) is 12.1 Å². The van der Waals surface area contributed by atoms with Crippen molar-refractivity contribution in [2.75, 3.05) is 0 Å². The van der Waals surface area contributed by atoms with E-state index in [9.17, 15) is 22.8 Å². The number of benzene rings is 2. The maximum Gasteiger partial charge on any atom is 0.417 e. The second kappa shape index (κ2) is 7.26. The second-order valence-corrected chi connectivity index (χ2v) is 4.14. The lowest BCUT2D eigenvalue weighted by atomic mass is 10.1. The fourth-order valence-electron chi connectivity index (χ4n) is 1.55. The van der Waals surface area contributed by atoms with Crippen LogP contribution in [0, 0.1) is 0 Å². The van der Waals surface area contributed by atoms with Gasteiger partial charge in [0.05, 0.1) is 11.1 Å². The van der Waals surface area contributed by atoms with Crippen LogP contribution < -0.4 is 11.5 Å². The molecule has 2 amide bonds. The van der Waals surface area contributed by atoms with Gasteiger partial charge >= 0.3 is 6.18 Å². The van der Waals surface area contributed by atoms with Crippen LogP contribution in [0.3, 0.4) is 0 Å². The number of carbonyl (C=O) groups is 2. The smallest absolute Gasteiger partial charge is 0.366 e. The first-order chi connectivity index (χ1) is 10.2. The Hall–Kier alpha value is -2.83. The van der Waals surface area contributed by atoms with Crippen molar-refractivity contribution in [2.24, 2.45) is 11.5 Å². The molecule has 0 saturated carbocycles. The zero-order chi connectivity index (χ0) is 16.8. The number of halogens is 3. The number of hydrogen-bond acceptors (Lipinski definition) is 2. The zero-order valence-electron chi connectivity index (χ0n) is 11.3. The van der Waals surface area contributed by atoms with Gasteiger partial charge in [0.25, 0.3) is 0 Å². The molecule has 0 heterocycles. The van der Waals surface area contributed by atoms with Gasteiger partial charge in [0.2, 0.25) is 11.8 Å². The standard InChI is InChI=1S/C8H6F3NO.C7H7NO/c9-8(10,11)6-4-2-1-3-5(6)7(12)13;8-7(9)6-4-2-1-3-5-6/h1-4H,(H2,12,13);1-5H,(H2,8,9). The predicted octanol–water partition coefficient (Wildman–Crippen LogP) is 2.59. The molecule has 7 heteroatoms. The fraction of sp³-hybridized carbons (Fsp3) is 0.0667. The van der Waals surface area contributed by atoms with Gasteiger partial charge in [-0.25, -0.2) is 0 Å². The lowest BCUT2D eigenvalue weighted by molar-refractivity contribution is -0.137. The van der Waals surface area contributed by atoms with E-state index in [1.807, 2.05) is 6.07 Å². The Balaban J connectivity index is 0.000000235. The van der Waals surface area contributed by atoms with Crippen molar-refractivity contribution in [3.8, 4) is 0 Å². The normalized spacial score (nSPS) is 10.3. The molecular weight excluding hydrogens is 297 g/mol. The predicted molar refractivity (Wildman–Crippen MR) is 74.9 cm³/mol. The van der Waals surface area contributed by atoms with E-state index < -0.39 is 23.2 Å². The van der Waals surface area contributed by atoms with Gasteiger partial charge < -0.3 is 11.5 Å². The van der Waals surface area contributed by atoms with Crippen LogP contribution in [0.5, 0.6) is 0 Å². The molecule has 0 fully saturated rings. The molecule has 2 aromatic carbocycles. The molecule has 0 aromatic heterocycles. The number of rotatable bonds is 2. The third-order valence-corrected chi connectivity index (χ3v) is 2.56. The summed E-state index contributed by atoms with van der Waals surface area (Å²) in [6.45, 7) is 0. The van der Waals surface area contributed by atoms with Gasteiger partial charge in [-0.15, -0.1) is 0 Å². The third-order valence-electron chi connectivity index (χ3n) is 2.56. The summed E-state index contributed by atoms with van der Waals surface area (Å²) in [5.41, 5.74) is 8.80. The van der Waals surface area contributed by atoms with Crippen molar-refractivity contribution >= 4 is 11.8 Å². The fourth-order valence-corrected chi connectivity index (χ4v) is 1.55. The van der Waals surface area contributed by atoms with Crippen LogP contribution in [0.15, 0.2) is 54.6 Å². The van der Waals surface area contributed by atoms with E-state index >= 15 is 0 Å². The highest BCUT2D eigenvalue weighted by atomic mass is 19.4. The molecular formula is C15H13F3N2O2. The Morgan fingerprint density at radius 1 is 0.773 bits per heavy atom. The van der Waals surface area contributed by atoms with Crippen LogP contribution in [0.1, 0.15) is 26.3 Å². The molecule has 0 atom stereocenters. The summed E-state index contributed by atoms with van der Waals surface area (Å²) in [4.78, 5) is 21.0. The molecule has 2 aromatic rings. The van der Waals surface area contributed by atoms with Gasteiger partial charge in [-0.05, 0) is 24.3 Å². The van der Waals surface area contributed by atoms with Crippen LogP contribution in [0.4, 0.5) is 13.2 Å². The van der Waals surface area contributed by atoms with Crippen LogP contribution in [-0.4, -0.2) is 11.8 Å².